The first-order valence-electron chi connectivity index (χ1n) is 3.73. The number of nitrogens with zero attached hydrogens (tertiary/aromatic N) is 1. The van der Waals surface area contributed by atoms with Crippen LogP contribution in [0.5, 0.6) is 0 Å². The van der Waals surface area contributed by atoms with E-state index in [0.29, 0.717) is 6.54 Å². The van der Waals surface area contributed by atoms with E-state index < -0.39 is 0 Å². The molecule has 2 heteroatoms. The lowest BCUT2D eigenvalue weighted by Crippen LogP contribution is -2.23. The van der Waals surface area contributed by atoms with Gasteiger partial charge in [-0.1, -0.05) is 25.7 Å². The third-order valence-electron chi connectivity index (χ3n) is 1.42. The second-order valence-corrected chi connectivity index (χ2v) is 2.02. The van der Waals surface area contributed by atoms with Gasteiger partial charge in [0.1, 0.15) is 0 Å². The van der Waals surface area contributed by atoms with Crippen LogP contribution in [0.3, 0.4) is 0 Å². The van der Waals surface area contributed by atoms with Crippen LogP contribution in [0.1, 0.15) is 13.8 Å². The van der Waals surface area contributed by atoms with E-state index in [2.05, 4.69) is 30.6 Å². The van der Waals surface area contributed by atoms with Crippen molar-refractivity contribution in [3.05, 3.63) is 0 Å². The molecule has 0 saturated carbocycles. The minimum Gasteiger partial charge on any atom is -0.320 e. The van der Waals surface area contributed by atoms with Gasteiger partial charge in [-0.2, -0.15) is 0 Å². The summed E-state index contributed by atoms with van der Waals surface area (Å²) in [6, 6.07) is 0. The molecule has 0 aliphatic carbocycles. The minimum absolute atomic E-state index is 0.473. The molecule has 0 spiro atoms. The number of rotatable bonds is 3. The second-order valence-electron chi connectivity index (χ2n) is 2.02. The fourth-order valence-corrected chi connectivity index (χ4v) is 0.687. The third kappa shape index (κ3) is 4.37. The highest BCUT2D eigenvalue weighted by molar-refractivity contribution is 5.01. The topological polar surface area (TPSA) is 29.3 Å². The van der Waals surface area contributed by atoms with Crippen molar-refractivity contribution in [1.82, 2.24) is 4.90 Å². The summed E-state index contributed by atoms with van der Waals surface area (Å²) in [6.07, 6.45) is 0. The first kappa shape index (κ1) is 9.48. The smallest absolute Gasteiger partial charge is 0.0601 e. The molecule has 0 aromatic rings. The lowest BCUT2D eigenvalue weighted by molar-refractivity contribution is 0.342. The summed E-state index contributed by atoms with van der Waals surface area (Å²) in [5, 5.41) is 0. The molecule has 0 aromatic carbocycles. The van der Waals surface area contributed by atoms with Crippen molar-refractivity contribution in [2.45, 2.75) is 13.8 Å². The molecule has 0 unspecified atom stereocenters. The van der Waals surface area contributed by atoms with Gasteiger partial charge in [-0.3, -0.25) is 4.90 Å². The monoisotopic (exact) mass is 140 g/mol. The maximum absolute atomic E-state index is 5.21. The van der Waals surface area contributed by atoms with Crippen LogP contribution in [0.4, 0.5) is 0 Å². The van der Waals surface area contributed by atoms with Gasteiger partial charge < -0.3 is 5.73 Å². The molecule has 10 heavy (non-hydrogen) atoms. The normalized spacial score (nSPS) is 9.20. The van der Waals surface area contributed by atoms with E-state index in [-0.39, 0.29) is 0 Å². The Morgan fingerprint density at radius 1 is 1.20 bits per heavy atom. The highest BCUT2D eigenvalue weighted by Crippen LogP contribution is 1.82. The van der Waals surface area contributed by atoms with E-state index in [9.17, 15) is 0 Å². The van der Waals surface area contributed by atoms with E-state index in [1.165, 1.54) is 0 Å². The number of nitrogens with two attached hydrogens (primary N) is 1. The van der Waals surface area contributed by atoms with Crippen molar-refractivity contribution in [3.8, 4) is 11.8 Å². The van der Waals surface area contributed by atoms with Crippen LogP contribution < -0.4 is 5.73 Å². The first-order valence-corrected chi connectivity index (χ1v) is 3.73. The molecular weight excluding hydrogens is 124 g/mol. The summed E-state index contributed by atoms with van der Waals surface area (Å²) in [7, 11) is 0. The van der Waals surface area contributed by atoms with E-state index in [4.69, 9.17) is 5.73 Å². The molecule has 0 radical (unpaired) electrons. The van der Waals surface area contributed by atoms with E-state index in [1.54, 1.807) is 0 Å². The molecule has 0 bridgehead atoms. The molecular formula is C8H16N2. The van der Waals surface area contributed by atoms with Gasteiger partial charge in [0.05, 0.1) is 13.1 Å². The highest BCUT2D eigenvalue weighted by Gasteiger charge is 1.92. The van der Waals surface area contributed by atoms with Gasteiger partial charge in [0.15, 0.2) is 0 Å². The standard InChI is InChI=1S/C8H16N2/c1-3-10(4-2)8-6-5-7-9/h3-4,7-9H2,1-2H3. The van der Waals surface area contributed by atoms with Crippen LogP contribution in [-0.4, -0.2) is 31.1 Å². The molecule has 0 heterocycles. The Bertz CT molecular complexity index is 117. The predicted molar refractivity (Wildman–Crippen MR) is 44.6 cm³/mol. The molecule has 0 rings (SSSR count). The molecule has 0 fully saturated rings. The summed E-state index contributed by atoms with van der Waals surface area (Å²) in [5.74, 6) is 5.82. The molecule has 2 N–H and O–H groups in total. The predicted octanol–water partition coefficient (Wildman–Crippen LogP) is 0.290. The molecule has 0 atom stereocenters. The maximum Gasteiger partial charge on any atom is 0.0601 e. The zero-order chi connectivity index (χ0) is 7.82. The van der Waals surface area contributed by atoms with Gasteiger partial charge in [-0.15, -0.1) is 0 Å². The van der Waals surface area contributed by atoms with E-state index in [1.807, 2.05) is 0 Å². The third-order valence-corrected chi connectivity index (χ3v) is 1.42. The molecule has 0 aromatic heterocycles. The average Bonchev–Trinajstić information content (AvgIpc) is 1.99. The summed E-state index contributed by atoms with van der Waals surface area (Å²) in [5.41, 5.74) is 5.21. The SMILES string of the molecule is CCN(CC)CC#CCN. The van der Waals surface area contributed by atoms with Gasteiger partial charge in [-0.25, -0.2) is 0 Å². The van der Waals surface area contributed by atoms with Crippen LogP contribution in [-0.2, 0) is 0 Å². The lowest BCUT2D eigenvalue weighted by Gasteiger charge is -2.12. The van der Waals surface area contributed by atoms with Crippen molar-refractivity contribution in [1.29, 1.82) is 0 Å². The van der Waals surface area contributed by atoms with Crippen molar-refractivity contribution in [2.24, 2.45) is 5.73 Å². The van der Waals surface area contributed by atoms with Gasteiger partial charge in [-0.05, 0) is 13.1 Å². The Hall–Kier alpha value is -0.520. The van der Waals surface area contributed by atoms with Crippen molar-refractivity contribution >= 4 is 0 Å². The first-order chi connectivity index (χ1) is 4.85. The summed E-state index contributed by atoms with van der Waals surface area (Å²) < 4.78 is 0. The second kappa shape index (κ2) is 6.60. The fourth-order valence-electron chi connectivity index (χ4n) is 0.687. The molecule has 2 nitrogen and oxygen atoms in total. The van der Waals surface area contributed by atoms with Crippen molar-refractivity contribution in [2.75, 3.05) is 26.2 Å². The minimum atomic E-state index is 0.473. The molecule has 0 saturated heterocycles. The quantitative estimate of drug-likeness (QED) is 0.571. The Morgan fingerprint density at radius 3 is 2.20 bits per heavy atom. The van der Waals surface area contributed by atoms with Crippen molar-refractivity contribution < 1.29 is 0 Å². The van der Waals surface area contributed by atoms with Gasteiger partial charge in [0, 0.05) is 0 Å². The van der Waals surface area contributed by atoms with Gasteiger partial charge in [0.2, 0.25) is 0 Å². The average molecular weight is 140 g/mol. The van der Waals surface area contributed by atoms with E-state index in [0.717, 1.165) is 19.6 Å². The van der Waals surface area contributed by atoms with Crippen LogP contribution in [0.2, 0.25) is 0 Å². The molecule has 58 valence electrons. The highest BCUT2D eigenvalue weighted by atomic mass is 15.1. The Morgan fingerprint density at radius 2 is 1.80 bits per heavy atom. The van der Waals surface area contributed by atoms with Crippen LogP contribution in [0.25, 0.3) is 0 Å². The Labute approximate surface area is 63.4 Å². The number of hydrogen-bond donors (Lipinski definition) is 1. The summed E-state index contributed by atoms with van der Waals surface area (Å²) in [6.45, 7) is 7.72. The summed E-state index contributed by atoms with van der Waals surface area (Å²) >= 11 is 0. The van der Waals surface area contributed by atoms with Gasteiger partial charge >= 0.3 is 0 Å². The maximum atomic E-state index is 5.21. The zero-order valence-electron chi connectivity index (χ0n) is 6.85. The largest absolute Gasteiger partial charge is 0.320 e. The van der Waals surface area contributed by atoms with Gasteiger partial charge in [0.25, 0.3) is 0 Å². The van der Waals surface area contributed by atoms with E-state index >= 15 is 0 Å². The number of hydrogen-bond acceptors (Lipinski definition) is 2. The Kier molecular flexibility index (Phi) is 6.25. The Balaban J connectivity index is 3.43. The molecule has 0 amide bonds. The zero-order valence-corrected chi connectivity index (χ0v) is 6.85. The summed E-state index contributed by atoms with van der Waals surface area (Å²) in [4.78, 5) is 2.25. The lowest BCUT2D eigenvalue weighted by atomic mass is 10.4. The fraction of sp³-hybridized carbons (Fsp3) is 0.750. The van der Waals surface area contributed by atoms with Crippen LogP contribution >= 0.6 is 0 Å². The molecule has 0 aliphatic rings. The molecule has 0 aliphatic heterocycles. The van der Waals surface area contributed by atoms with Crippen LogP contribution in [0, 0.1) is 11.8 Å². The van der Waals surface area contributed by atoms with Crippen LogP contribution in [0.15, 0.2) is 0 Å². The van der Waals surface area contributed by atoms with Crippen molar-refractivity contribution in [3.63, 3.8) is 0 Å².